The molecule has 0 spiro atoms. The summed E-state index contributed by atoms with van der Waals surface area (Å²) in [5.74, 6) is 0.261. The van der Waals surface area contributed by atoms with Crippen molar-refractivity contribution in [1.82, 2.24) is 0 Å². The van der Waals surface area contributed by atoms with Crippen LogP contribution in [-0.2, 0) is 4.79 Å². The van der Waals surface area contributed by atoms with Crippen molar-refractivity contribution in [3.63, 3.8) is 0 Å². The second-order valence-electron chi connectivity index (χ2n) is 4.69. The Kier molecular flexibility index (Phi) is 1.76. The average Bonchev–Trinajstić information content (AvgIpc) is 2.05. The Morgan fingerprint density at radius 1 is 1.50 bits per heavy atom. The molecule has 0 aromatic carbocycles. The third-order valence-corrected chi connectivity index (χ3v) is 3.61. The van der Waals surface area contributed by atoms with E-state index in [0.717, 1.165) is 25.7 Å². The van der Waals surface area contributed by atoms with E-state index in [1.165, 1.54) is 0 Å². The van der Waals surface area contributed by atoms with Gasteiger partial charge in [-0.1, -0.05) is 6.92 Å². The van der Waals surface area contributed by atoms with E-state index in [9.17, 15) is 9.90 Å². The normalized spacial score (nSPS) is 47.7. The van der Waals surface area contributed by atoms with Gasteiger partial charge in [-0.2, -0.15) is 0 Å². The largest absolute Gasteiger partial charge is 0.392 e. The average molecular weight is 168 g/mol. The van der Waals surface area contributed by atoms with Gasteiger partial charge in [0.2, 0.25) is 0 Å². The third kappa shape index (κ3) is 1.18. The predicted octanol–water partition coefficient (Wildman–Crippen LogP) is 1.52. The molecule has 0 saturated heterocycles. The molecule has 0 heterocycles. The Labute approximate surface area is 73.0 Å². The zero-order valence-corrected chi connectivity index (χ0v) is 7.55. The molecule has 2 nitrogen and oxygen atoms in total. The topological polar surface area (TPSA) is 37.3 Å². The minimum absolute atomic E-state index is 0.0301. The standard InChI is InChI=1S/C10H16O2/c1-10-4-2-8(11)7(6-10)9(12)3-5-10/h7-8,11H,2-6H2,1H3. The molecule has 2 saturated carbocycles. The highest BCUT2D eigenvalue weighted by molar-refractivity contribution is 5.82. The number of Topliss-reactive ketones (excluding diaryl/α,β-unsaturated/α-hetero) is 1. The highest BCUT2D eigenvalue weighted by Gasteiger charge is 2.43. The maximum Gasteiger partial charge on any atom is 0.138 e. The summed E-state index contributed by atoms with van der Waals surface area (Å²) in [6.45, 7) is 2.25. The van der Waals surface area contributed by atoms with Crippen LogP contribution in [0.5, 0.6) is 0 Å². The highest BCUT2D eigenvalue weighted by atomic mass is 16.3. The predicted molar refractivity (Wildman–Crippen MR) is 45.7 cm³/mol. The first-order valence-electron chi connectivity index (χ1n) is 4.82. The lowest BCUT2D eigenvalue weighted by molar-refractivity contribution is -0.136. The number of hydrogen-bond acceptors (Lipinski definition) is 2. The van der Waals surface area contributed by atoms with Crippen LogP contribution in [0.4, 0.5) is 0 Å². The second kappa shape index (κ2) is 2.56. The van der Waals surface area contributed by atoms with Gasteiger partial charge in [-0.05, 0) is 31.1 Å². The number of rotatable bonds is 0. The van der Waals surface area contributed by atoms with Crippen LogP contribution in [0.3, 0.4) is 0 Å². The molecule has 1 N–H and O–H groups in total. The van der Waals surface area contributed by atoms with E-state index in [1.54, 1.807) is 0 Å². The van der Waals surface area contributed by atoms with Crippen LogP contribution in [-0.4, -0.2) is 17.0 Å². The summed E-state index contributed by atoms with van der Waals surface area (Å²) in [5.41, 5.74) is 0.359. The molecule has 0 radical (unpaired) electrons. The van der Waals surface area contributed by atoms with E-state index in [4.69, 9.17) is 0 Å². The van der Waals surface area contributed by atoms with Gasteiger partial charge in [0.25, 0.3) is 0 Å². The van der Waals surface area contributed by atoms with Gasteiger partial charge in [0.05, 0.1) is 6.10 Å². The minimum Gasteiger partial charge on any atom is -0.392 e. The van der Waals surface area contributed by atoms with Crippen LogP contribution >= 0.6 is 0 Å². The summed E-state index contributed by atoms with van der Waals surface area (Å²) in [5, 5.41) is 9.58. The maximum atomic E-state index is 11.4. The molecule has 0 amide bonds. The maximum absolute atomic E-state index is 11.4. The van der Waals surface area contributed by atoms with Gasteiger partial charge in [-0.25, -0.2) is 0 Å². The Balaban J connectivity index is 2.18. The highest BCUT2D eigenvalue weighted by Crippen LogP contribution is 2.46. The summed E-state index contributed by atoms with van der Waals surface area (Å²) in [7, 11) is 0. The molecular formula is C10H16O2. The van der Waals surface area contributed by atoms with Crippen molar-refractivity contribution < 1.29 is 9.90 Å². The Morgan fingerprint density at radius 3 is 2.92 bits per heavy atom. The summed E-state index contributed by atoms with van der Waals surface area (Å²) < 4.78 is 0. The zero-order valence-electron chi connectivity index (χ0n) is 7.55. The van der Waals surface area contributed by atoms with Crippen molar-refractivity contribution in [2.75, 3.05) is 0 Å². The van der Waals surface area contributed by atoms with Crippen LogP contribution in [0.15, 0.2) is 0 Å². The smallest absolute Gasteiger partial charge is 0.138 e. The van der Waals surface area contributed by atoms with Crippen LogP contribution in [0, 0.1) is 11.3 Å². The first kappa shape index (κ1) is 8.24. The Bertz CT molecular complexity index is 212. The molecule has 0 aromatic rings. The van der Waals surface area contributed by atoms with E-state index in [1.807, 2.05) is 0 Å². The molecule has 0 aromatic heterocycles. The molecule has 2 rings (SSSR count). The van der Waals surface area contributed by atoms with E-state index in [2.05, 4.69) is 6.92 Å². The second-order valence-corrected chi connectivity index (χ2v) is 4.69. The summed E-state index contributed by atoms with van der Waals surface area (Å²) in [6.07, 6.45) is 4.23. The van der Waals surface area contributed by atoms with Crippen molar-refractivity contribution in [3.8, 4) is 0 Å². The Hall–Kier alpha value is -0.370. The van der Waals surface area contributed by atoms with Crippen molar-refractivity contribution in [3.05, 3.63) is 0 Å². The molecule has 2 bridgehead atoms. The number of aliphatic hydroxyl groups excluding tert-OH is 1. The van der Waals surface area contributed by atoms with E-state index in [-0.39, 0.29) is 12.0 Å². The summed E-state index contributed by atoms with van der Waals surface area (Å²) in [6, 6.07) is 0. The van der Waals surface area contributed by atoms with Gasteiger partial charge in [0, 0.05) is 12.3 Å². The quantitative estimate of drug-likeness (QED) is 0.595. The van der Waals surface area contributed by atoms with Crippen molar-refractivity contribution >= 4 is 5.78 Å². The van der Waals surface area contributed by atoms with Crippen molar-refractivity contribution in [2.24, 2.45) is 11.3 Å². The molecular weight excluding hydrogens is 152 g/mol. The van der Waals surface area contributed by atoms with Crippen molar-refractivity contribution in [2.45, 2.75) is 45.1 Å². The van der Waals surface area contributed by atoms with Gasteiger partial charge in [0.1, 0.15) is 5.78 Å². The van der Waals surface area contributed by atoms with Crippen LogP contribution in [0.1, 0.15) is 39.0 Å². The van der Waals surface area contributed by atoms with Crippen LogP contribution in [0.2, 0.25) is 0 Å². The van der Waals surface area contributed by atoms with E-state index < -0.39 is 0 Å². The molecule has 3 atom stereocenters. The lowest BCUT2D eigenvalue weighted by Crippen LogP contribution is -2.43. The van der Waals surface area contributed by atoms with Crippen LogP contribution in [0.25, 0.3) is 0 Å². The van der Waals surface area contributed by atoms with Crippen LogP contribution < -0.4 is 0 Å². The van der Waals surface area contributed by atoms with Gasteiger partial charge < -0.3 is 5.11 Å². The molecule has 68 valence electrons. The SMILES string of the molecule is CC12CCC(=O)C(C1)C(O)CC2. The third-order valence-electron chi connectivity index (χ3n) is 3.61. The molecule has 2 aliphatic rings. The number of carbonyl (C=O) groups excluding carboxylic acids is 1. The van der Waals surface area contributed by atoms with Crippen molar-refractivity contribution in [1.29, 1.82) is 0 Å². The first-order chi connectivity index (χ1) is 5.61. The molecule has 2 fully saturated rings. The molecule has 3 unspecified atom stereocenters. The molecule has 2 aliphatic carbocycles. The monoisotopic (exact) mass is 168 g/mol. The lowest BCUT2D eigenvalue weighted by atomic mass is 9.62. The minimum atomic E-state index is -0.342. The van der Waals surface area contributed by atoms with Gasteiger partial charge in [-0.15, -0.1) is 0 Å². The first-order valence-corrected chi connectivity index (χ1v) is 4.82. The summed E-state index contributed by atoms with van der Waals surface area (Å²) in [4.78, 5) is 11.4. The fourth-order valence-electron chi connectivity index (χ4n) is 2.63. The molecule has 2 heteroatoms. The Morgan fingerprint density at radius 2 is 2.25 bits per heavy atom. The fourth-order valence-corrected chi connectivity index (χ4v) is 2.63. The number of ketones is 1. The van der Waals surface area contributed by atoms with Gasteiger partial charge in [0.15, 0.2) is 0 Å². The van der Waals surface area contributed by atoms with E-state index in [0.29, 0.717) is 17.6 Å². The summed E-state index contributed by atoms with van der Waals surface area (Å²) >= 11 is 0. The molecule has 0 aliphatic heterocycles. The zero-order chi connectivity index (χ0) is 8.77. The number of aliphatic hydroxyl groups is 1. The lowest BCUT2D eigenvalue weighted by Gasteiger charge is -2.44. The van der Waals surface area contributed by atoms with Gasteiger partial charge in [-0.3, -0.25) is 4.79 Å². The molecule has 12 heavy (non-hydrogen) atoms. The fraction of sp³-hybridized carbons (Fsp3) is 0.900. The van der Waals surface area contributed by atoms with Gasteiger partial charge >= 0.3 is 0 Å². The van der Waals surface area contributed by atoms with E-state index >= 15 is 0 Å². The number of hydrogen-bond donors (Lipinski definition) is 1. The number of carbonyl (C=O) groups is 1. The number of fused-ring (bicyclic) bond motifs is 2.